The average Bonchev–Trinajstić information content (AvgIpc) is 2.56. The van der Waals surface area contributed by atoms with Crippen LogP contribution in [0.5, 0.6) is 0 Å². The van der Waals surface area contributed by atoms with Gasteiger partial charge in [-0.1, -0.05) is 18.2 Å². The van der Waals surface area contributed by atoms with Crippen LogP contribution in [0.25, 0.3) is 16.5 Å². The topological polar surface area (TPSA) is 48.3 Å². The maximum Gasteiger partial charge on any atom is 0.340 e. The van der Waals surface area contributed by atoms with E-state index < -0.39 is 11.8 Å². The number of esters is 1. The van der Waals surface area contributed by atoms with Crippen LogP contribution in [0.4, 0.5) is 4.39 Å². The molecule has 5 heteroatoms. The third kappa shape index (κ3) is 2.93. The van der Waals surface area contributed by atoms with Crippen molar-refractivity contribution < 1.29 is 13.9 Å². The van der Waals surface area contributed by atoms with Gasteiger partial charge in [0.25, 0.3) is 5.56 Å². The molecule has 0 atom stereocenters. The van der Waals surface area contributed by atoms with E-state index >= 15 is 0 Å². The highest BCUT2D eigenvalue weighted by Gasteiger charge is 2.17. The van der Waals surface area contributed by atoms with E-state index in [1.807, 2.05) is 0 Å². The highest BCUT2D eigenvalue weighted by atomic mass is 19.1. The first-order chi connectivity index (χ1) is 11.5. The van der Waals surface area contributed by atoms with Crippen molar-refractivity contribution in [3.05, 3.63) is 76.5 Å². The third-order valence-electron chi connectivity index (χ3n) is 3.59. The summed E-state index contributed by atoms with van der Waals surface area (Å²) < 4.78 is 19.8. The zero-order chi connectivity index (χ0) is 17.3. The van der Waals surface area contributed by atoms with Gasteiger partial charge in [-0.05, 0) is 44.2 Å². The predicted octanol–water partition coefficient (Wildman–Crippen LogP) is 3.70. The summed E-state index contributed by atoms with van der Waals surface area (Å²) in [7, 11) is 0. The van der Waals surface area contributed by atoms with Gasteiger partial charge in [0.05, 0.1) is 11.7 Å². The second kappa shape index (κ2) is 6.28. The normalized spacial score (nSPS) is 11.0. The first-order valence-electron chi connectivity index (χ1n) is 7.58. The van der Waals surface area contributed by atoms with Gasteiger partial charge < -0.3 is 4.74 Å². The molecule has 0 saturated carbocycles. The molecule has 0 bridgehead atoms. The van der Waals surface area contributed by atoms with Crippen LogP contribution in [-0.4, -0.2) is 16.6 Å². The minimum absolute atomic E-state index is 0.275. The standard InChI is InChI=1S/C19H16FNO3/c1-12(2)24-19(23)17-11-21(14-9-7-13(20)8-10-14)18(22)16-6-4-3-5-15(16)17/h3-12H,1-2H3. The smallest absolute Gasteiger partial charge is 0.340 e. The molecule has 0 amide bonds. The molecule has 1 aromatic heterocycles. The Morgan fingerprint density at radius 1 is 1.04 bits per heavy atom. The zero-order valence-electron chi connectivity index (χ0n) is 13.3. The Hall–Kier alpha value is -2.95. The summed E-state index contributed by atoms with van der Waals surface area (Å²) in [6.07, 6.45) is 1.17. The van der Waals surface area contributed by atoms with E-state index in [0.717, 1.165) is 0 Å². The quantitative estimate of drug-likeness (QED) is 0.690. The lowest BCUT2D eigenvalue weighted by Gasteiger charge is -2.13. The first kappa shape index (κ1) is 15.9. The van der Waals surface area contributed by atoms with Gasteiger partial charge in [0.15, 0.2) is 0 Å². The van der Waals surface area contributed by atoms with Crippen LogP contribution in [0.2, 0.25) is 0 Å². The largest absolute Gasteiger partial charge is 0.459 e. The summed E-state index contributed by atoms with van der Waals surface area (Å²) in [5, 5.41) is 0.937. The third-order valence-corrected chi connectivity index (χ3v) is 3.59. The molecule has 24 heavy (non-hydrogen) atoms. The Kier molecular flexibility index (Phi) is 4.16. The number of benzene rings is 2. The van der Waals surface area contributed by atoms with Gasteiger partial charge in [-0.3, -0.25) is 9.36 Å². The molecule has 2 aromatic carbocycles. The molecule has 3 aromatic rings. The Bertz CT molecular complexity index is 959. The van der Waals surface area contributed by atoms with Crippen molar-refractivity contribution in [3.63, 3.8) is 0 Å². The van der Waals surface area contributed by atoms with Crippen LogP contribution >= 0.6 is 0 Å². The Morgan fingerprint density at radius 2 is 1.67 bits per heavy atom. The second-order valence-electron chi connectivity index (χ2n) is 5.69. The zero-order valence-corrected chi connectivity index (χ0v) is 13.3. The predicted molar refractivity (Wildman–Crippen MR) is 90.1 cm³/mol. The Balaban J connectivity index is 2.27. The summed E-state index contributed by atoms with van der Waals surface area (Å²) in [4.78, 5) is 25.1. The Morgan fingerprint density at radius 3 is 2.29 bits per heavy atom. The van der Waals surface area contributed by atoms with E-state index in [0.29, 0.717) is 22.0 Å². The number of aromatic nitrogens is 1. The monoisotopic (exact) mass is 325 g/mol. The highest BCUT2D eigenvalue weighted by Crippen LogP contribution is 2.19. The summed E-state index contributed by atoms with van der Waals surface area (Å²) in [6.45, 7) is 3.52. The van der Waals surface area contributed by atoms with Crippen molar-refractivity contribution in [2.24, 2.45) is 0 Å². The minimum atomic E-state index is -0.503. The van der Waals surface area contributed by atoms with Crippen LogP contribution < -0.4 is 5.56 Å². The number of fused-ring (bicyclic) bond motifs is 1. The van der Waals surface area contributed by atoms with Gasteiger partial charge in [0.1, 0.15) is 5.82 Å². The summed E-state index contributed by atoms with van der Waals surface area (Å²) in [5.41, 5.74) is 0.493. The molecule has 3 rings (SSSR count). The fraction of sp³-hybridized carbons (Fsp3) is 0.158. The summed E-state index contributed by atoms with van der Waals surface area (Å²) in [5.74, 6) is -0.899. The van der Waals surface area contributed by atoms with Crippen molar-refractivity contribution in [2.75, 3.05) is 0 Å². The van der Waals surface area contributed by atoms with Crippen molar-refractivity contribution in [1.29, 1.82) is 0 Å². The molecule has 0 fully saturated rings. The van der Waals surface area contributed by atoms with E-state index in [1.165, 1.54) is 35.0 Å². The molecule has 0 N–H and O–H groups in total. The van der Waals surface area contributed by atoms with Crippen LogP contribution in [-0.2, 0) is 4.74 Å². The fourth-order valence-corrected chi connectivity index (χ4v) is 2.53. The van der Waals surface area contributed by atoms with Crippen molar-refractivity contribution in [2.45, 2.75) is 20.0 Å². The van der Waals surface area contributed by atoms with Gasteiger partial charge in [-0.2, -0.15) is 0 Å². The summed E-state index contributed by atoms with van der Waals surface area (Å²) >= 11 is 0. The summed E-state index contributed by atoms with van der Waals surface area (Å²) in [6, 6.07) is 12.4. The highest BCUT2D eigenvalue weighted by molar-refractivity contribution is 6.04. The molecule has 0 aliphatic heterocycles. The first-order valence-corrected chi connectivity index (χ1v) is 7.58. The maximum absolute atomic E-state index is 13.1. The molecule has 0 unspecified atom stereocenters. The number of carbonyl (C=O) groups excluding carboxylic acids is 1. The fourth-order valence-electron chi connectivity index (χ4n) is 2.53. The van der Waals surface area contributed by atoms with E-state index in [4.69, 9.17) is 4.74 Å². The van der Waals surface area contributed by atoms with E-state index in [9.17, 15) is 14.0 Å². The molecule has 0 aliphatic rings. The van der Waals surface area contributed by atoms with E-state index in [2.05, 4.69) is 0 Å². The molecule has 1 heterocycles. The maximum atomic E-state index is 13.1. The number of halogens is 1. The number of pyridine rings is 1. The van der Waals surface area contributed by atoms with Gasteiger partial charge >= 0.3 is 5.97 Å². The molecule has 122 valence electrons. The molecule has 0 saturated heterocycles. The number of carbonyl (C=O) groups is 1. The number of nitrogens with zero attached hydrogens (tertiary/aromatic N) is 1. The molecule has 0 radical (unpaired) electrons. The minimum Gasteiger partial charge on any atom is -0.459 e. The van der Waals surface area contributed by atoms with Crippen molar-refractivity contribution in [3.8, 4) is 5.69 Å². The lowest BCUT2D eigenvalue weighted by Crippen LogP contribution is -2.22. The lowest BCUT2D eigenvalue weighted by atomic mass is 10.1. The second-order valence-corrected chi connectivity index (χ2v) is 5.69. The van der Waals surface area contributed by atoms with Crippen LogP contribution in [0.3, 0.4) is 0 Å². The molecular formula is C19H16FNO3. The van der Waals surface area contributed by atoms with Gasteiger partial charge in [0.2, 0.25) is 0 Å². The van der Waals surface area contributed by atoms with E-state index in [-0.39, 0.29) is 11.7 Å². The lowest BCUT2D eigenvalue weighted by molar-refractivity contribution is 0.0379. The molecule has 0 spiro atoms. The van der Waals surface area contributed by atoms with Gasteiger partial charge in [0, 0.05) is 22.7 Å². The van der Waals surface area contributed by atoms with Crippen LogP contribution in [0.1, 0.15) is 24.2 Å². The van der Waals surface area contributed by atoms with E-state index in [1.54, 1.807) is 38.1 Å². The molecule has 4 nitrogen and oxygen atoms in total. The number of ether oxygens (including phenoxy) is 1. The number of hydrogen-bond donors (Lipinski definition) is 0. The van der Waals surface area contributed by atoms with Crippen LogP contribution in [0.15, 0.2) is 59.5 Å². The van der Waals surface area contributed by atoms with Crippen LogP contribution in [0, 0.1) is 5.82 Å². The SMILES string of the molecule is CC(C)OC(=O)c1cn(-c2ccc(F)cc2)c(=O)c2ccccc12. The number of hydrogen-bond acceptors (Lipinski definition) is 3. The molecule has 0 aliphatic carbocycles. The van der Waals surface area contributed by atoms with Crippen molar-refractivity contribution in [1.82, 2.24) is 4.57 Å². The Labute approximate surface area is 138 Å². The van der Waals surface area contributed by atoms with Gasteiger partial charge in [-0.25, -0.2) is 9.18 Å². The van der Waals surface area contributed by atoms with Crippen molar-refractivity contribution >= 4 is 16.7 Å². The van der Waals surface area contributed by atoms with Gasteiger partial charge in [-0.15, -0.1) is 0 Å². The molecular weight excluding hydrogens is 309 g/mol. The average molecular weight is 325 g/mol. The number of rotatable bonds is 3.